The van der Waals surface area contributed by atoms with Crippen molar-refractivity contribution in [1.29, 1.82) is 0 Å². The maximum absolute atomic E-state index is 12.5. The number of ether oxygens (including phenoxy) is 1. The van der Waals surface area contributed by atoms with E-state index in [1.165, 1.54) is 4.88 Å². The highest BCUT2D eigenvalue weighted by molar-refractivity contribution is 7.09. The Morgan fingerprint density at radius 3 is 2.48 bits per heavy atom. The van der Waals surface area contributed by atoms with E-state index in [-0.39, 0.29) is 11.9 Å². The second-order valence-corrected chi connectivity index (χ2v) is 7.49. The highest BCUT2D eigenvalue weighted by Gasteiger charge is 2.18. The minimum atomic E-state index is -0.221. The molecule has 2 aromatic carbocycles. The van der Waals surface area contributed by atoms with Gasteiger partial charge in [-0.1, -0.05) is 36.4 Å². The predicted molar refractivity (Wildman–Crippen MR) is 111 cm³/mol. The van der Waals surface area contributed by atoms with Gasteiger partial charge in [0, 0.05) is 17.1 Å². The lowest BCUT2D eigenvalue weighted by molar-refractivity contribution is -0.120. The maximum Gasteiger partial charge on any atom is 0.241 e. The van der Waals surface area contributed by atoms with E-state index in [0.717, 1.165) is 23.5 Å². The smallest absolute Gasteiger partial charge is 0.241 e. The lowest BCUT2D eigenvalue weighted by Crippen LogP contribution is -2.39. The Morgan fingerprint density at radius 1 is 1.07 bits per heavy atom. The summed E-state index contributed by atoms with van der Waals surface area (Å²) < 4.78 is 5.78. The van der Waals surface area contributed by atoms with E-state index in [9.17, 15) is 4.79 Å². The molecule has 0 bridgehead atoms. The van der Waals surface area contributed by atoms with Gasteiger partial charge in [-0.2, -0.15) is 0 Å². The quantitative estimate of drug-likeness (QED) is 0.611. The zero-order valence-electron chi connectivity index (χ0n) is 15.6. The van der Waals surface area contributed by atoms with Crippen LogP contribution in [0.15, 0.2) is 72.1 Å². The van der Waals surface area contributed by atoms with Crippen LogP contribution in [0.1, 0.15) is 17.4 Å². The van der Waals surface area contributed by atoms with Gasteiger partial charge in [-0.25, -0.2) is 0 Å². The standard InChI is InChI=1S/C22H24N2O2S/c1-17(24(2)15-21-9-6-14-27-21)22(25)23-19-10-12-20(13-11-19)26-16-18-7-4-3-5-8-18/h3-14,17H,15-16H2,1-2H3,(H,23,25)/t17-/m1/s1. The number of thiophene rings is 1. The molecule has 1 amide bonds. The second kappa shape index (κ2) is 9.35. The summed E-state index contributed by atoms with van der Waals surface area (Å²) in [6.45, 7) is 3.20. The lowest BCUT2D eigenvalue weighted by atomic mass is 10.2. The molecule has 0 radical (unpaired) electrons. The van der Waals surface area contributed by atoms with E-state index in [0.29, 0.717) is 6.61 Å². The van der Waals surface area contributed by atoms with Crippen LogP contribution in [-0.2, 0) is 17.9 Å². The Kier molecular flexibility index (Phi) is 6.63. The van der Waals surface area contributed by atoms with Gasteiger partial charge in [-0.05, 0) is 55.2 Å². The van der Waals surface area contributed by atoms with Crippen molar-refractivity contribution >= 4 is 22.9 Å². The van der Waals surface area contributed by atoms with Crippen LogP contribution < -0.4 is 10.1 Å². The molecule has 0 aliphatic carbocycles. The lowest BCUT2D eigenvalue weighted by Gasteiger charge is -2.23. The Hall–Kier alpha value is -2.63. The summed E-state index contributed by atoms with van der Waals surface area (Å²) in [5, 5.41) is 5.02. The number of likely N-dealkylation sites (N-methyl/N-ethyl adjacent to an activating group) is 1. The summed E-state index contributed by atoms with van der Waals surface area (Å²) in [5.74, 6) is 0.756. The summed E-state index contributed by atoms with van der Waals surface area (Å²) >= 11 is 1.70. The third-order valence-corrected chi connectivity index (χ3v) is 5.26. The molecule has 0 unspecified atom stereocenters. The first-order chi connectivity index (χ1) is 13.1. The van der Waals surface area contributed by atoms with Gasteiger partial charge < -0.3 is 10.1 Å². The second-order valence-electron chi connectivity index (χ2n) is 6.46. The molecule has 1 N–H and O–H groups in total. The molecule has 1 heterocycles. The number of amides is 1. The molecule has 0 aliphatic rings. The molecular formula is C22H24N2O2S. The van der Waals surface area contributed by atoms with Crippen molar-refractivity contribution in [2.45, 2.75) is 26.1 Å². The first-order valence-electron chi connectivity index (χ1n) is 8.92. The van der Waals surface area contributed by atoms with E-state index in [1.54, 1.807) is 11.3 Å². The summed E-state index contributed by atoms with van der Waals surface area (Å²) in [5.41, 5.74) is 1.89. The molecule has 5 heteroatoms. The Bertz CT molecular complexity index is 833. The molecular weight excluding hydrogens is 356 g/mol. The summed E-state index contributed by atoms with van der Waals surface area (Å²) in [7, 11) is 1.96. The molecule has 27 heavy (non-hydrogen) atoms. The van der Waals surface area contributed by atoms with Crippen LogP contribution in [0.4, 0.5) is 5.69 Å². The highest BCUT2D eigenvalue weighted by atomic mass is 32.1. The van der Waals surface area contributed by atoms with E-state index in [2.05, 4.69) is 16.8 Å². The number of nitrogens with one attached hydrogen (secondary N) is 1. The van der Waals surface area contributed by atoms with Gasteiger partial charge in [-0.3, -0.25) is 9.69 Å². The molecule has 1 atom stereocenters. The fourth-order valence-electron chi connectivity index (χ4n) is 2.61. The third-order valence-electron chi connectivity index (χ3n) is 4.40. The minimum absolute atomic E-state index is 0.0213. The van der Waals surface area contributed by atoms with Crippen LogP contribution in [0.5, 0.6) is 5.75 Å². The average molecular weight is 381 g/mol. The van der Waals surface area contributed by atoms with E-state index < -0.39 is 0 Å². The average Bonchev–Trinajstić information content (AvgIpc) is 3.20. The van der Waals surface area contributed by atoms with Crippen molar-refractivity contribution in [3.8, 4) is 5.75 Å². The number of rotatable bonds is 8. The number of hydrogen-bond donors (Lipinski definition) is 1. The molecule has 1 aromatic heterocycles. The van der Waals surface area contributed by atoms with E-state index in [1.807, 2.05) is 79.5 Å². The van der Waals surface area contributed by atoms with Gasteiger partial charge in [0.2, 0.25) is 5.91 Å². The van der Waals surface area contributed by atoms with Gasteiger partial charge in [-0.15, -0.1) is 11.3 Å². The molecule has 0 saturated carbocycles. The molecule has 4 nitrogen and oxygen atoms in total. The largest absolute Gasteiger partial charge is 0.489 e. The van der Waals surface area contributed by atoms with Crippen molar-refractivity contribution in [1.82, 2.24) is 4.90 Å². The van der Waals surface area contributed by atoms with Crippen LogP contribution in [0.2, 0.25) is 0 Å². The van der Waals surface area contributed by atoms with Crippen molar-refractivity contribution in [3.63, 3.8) is 0 Å². The van der Waals surface area contributed by atoms with Gasteiger partial charge in [0.15, 0.2) is 0 Å². The first kappa shape index (κ1) is 19.1. The maximum atomic E-state index is 12.5. The Labute approximate surface area is 164 Å². The SMILES string of the molecule is C[C@H](C(=O)Nc1ccc(OCc2ccccc2)cc1)N(C)Cc1cccs1. The normalized spacial score (nSPS) is 12.0. The zero-order valence-corrected chi connectivity index (χ0v) is 16.4. The first-order valence-corrected chi connectivity index (χ1v) is 9.80. The Morgan fingerprint density at radius 2 is 1.81 bits per heavy atom. The highest BCUT2D eigenvalue weighted by Crippen LogP contribution is 2.18. The fraction of sp³-hybridized carbons (Fsp3) is 0.227. The van der Waals surface area contributed by atoms with Crippen molar-refractivity contribution < 1.29 is 9.53 Å². The molecule has 3 rings (SSSR count). The molecule has 0 saturated heterocycles. The minimum Gasteiger partial charge on any atom is -0.489 e. The zero-order chi connectivity index (χ0) is 19.1. The van der Waals surface area contributed by atoms with Gasteiger partial charge in [0.05, 0.1) is 6.04 Å². The predicted octanol–water partition coefficient (Wildman–Crippen LogP) is 4.79. The van der Waals surface area contributed by atoms with Gasteiger partial charge >= 0.3 is 0 Å². The topological polar surface area (TPSA) is 41.6 Å². The van der Waals surface area contributed by atoms with Crippen LogP contribution in [0.25, 0.3) is 0 Å². The van der Waals surface area contributed by atoms with Crippen LogP contribution in [0, 0.1) is 0 Å². The molecule has 0 aliphatic heterocycles. The van der Waals surface area contributed by atoms with Crippen LogP contribution >= 0.6 is 11.3 Å². The number of benzene rings is 2. The fourth-order valence-corrected chi connectivity index (χ4v) is 3.37. The van der Waals surface area contributed by atoms with Crippen molar-refractivity contribution in [3.05, 3.63) is 82.6 Å². The summed E-state index contributed by atoms with van der Waals surface area (Å²) in [6, 6.07) is 21.4. The summed E-state index contributed by atoms with van der Waals surface area (Å²) in [6.07, 6.45) is 0. The molecule has 140 valence electrons. The van der Waals surface area contributed by atoms with Gasteiger partial charge in [0.25, 0.3) is 0 Å². The Balaban J connectivity index is 1.50. The molecule has 0 fully saturated rings. The number of nitrogens with zero attached hydrogens (tertiary/aromatic N) is 1. The van der Waals surface area contributed by atoms with Crippen LogP contribution in [0.3, 0.4) is 0 Å². The monoisotopic (exact) mass is 380 g/mol. The molecule has 0 spiro atoms. The van der Waals surface area contributed by atoms with Crippen molar-refractivity contribution in [2.24, 2.45) is 0 Å². The van der Waals surface area contributed by atoms with Crippen molar-refractivity contribution in [2.75, 3.05) is 12.4 Å². The number of carbonyl (C=O) groups excluding carboxylic acids is 1. The number of hydrogen-bond acceptors (Lipinski definition) is 4. The number of anilines is 1. The molecule has 3 aromatic rings. The van der Waals surface area contributed by atoms with Gasteiger partial charge in [0.1, 0.15) is 12.4 Å². The summed E-state index contributed by atoms with van der Waals surface area (Å²) in [4.78, 5) is 15.8. The van der Waals surface area contributed by atoms with Crippen LogP contribution in [-0.4, -0.2) is 23.9 Å². The number of carbonyl (C=O) groups is 1. The van der Waals surface area contributed by atoms with E-state index in [4.69, 9.17) is 4.74 Å². The third kappa shape index (κ3) is 5.67. The van der Waals surface area contributed by atoms with E-state index >= 15 is 0 Å².